The summed E-state index contributed by atoms with van der Waals surface area (Å²) in [5.41, 5.74) is 6.24. The summed E-state index contributed by atoms with van der Waals surface area (Å²) in [6.07, 6.45) is 8.19. The molecule has 4 N–H and O–H groups in total. The summed E-state index contributed by atoms with van der Waals surface area (Å²) in [6.45, 7) is 0.808. The van der Waals surface area contributed by atoms with Gasteiger partial charge in [0.1, 0.15) is 5.82 Å². The number of rotatable bonds is 9. The van der Waals surface area contributed by atoms with Crippen molar-refractivity contribution in [2.45, 2.75) is 25.7 Å². The molecule has 0 fully saturated rings. The molecular weight excluding hydrogens is 262 g/mol. The van der Waals surface area contributed by atoms with Crippen molar-refractivity contribution < 1.29 is 9.90 Å². The van der Waals surface area contributed by atoms with Crippen LogP contribution in [0.3, 0.4) is 0 Å². The van der Waals surface area contributed by atoms with Gasteiger partial charge in [-0.1, -0.05) is 12.8 Å². The number of aromatic carboxylic acids is 1. The number of nitrogens with two attached hydrogens (primary N) is 1. The van der Waals surface area contributed by atoms with E-state index in [4.69, 9.17) is 10.8 Å². The highest BCUT2D eigenvalue weighted by molar-refractivity contribution is 7.98. The van der Waals surface area contributed by atoms with E-state index in [-0.39, 0.29) is 5.56 Å². The van der Waals surface area contributed by atoms with E-state index in [0.29, 0.717) is 11.5 Å². The van der Waals surface area contributed by atoms with Crippen LogP contribution in [0.15, 0.2) is 12.3 Å². The summed E-state index contributed by atoms with van der Waals surface area (Å²) in [7, 11) is 0. The van der Waals surface area contributed by atoms with Crippen LogP contribution in [0.5, 0.6) is 0 Å². The molecule has 1 aromatic heterocycles. The number of aromatic nitrogens is 1. The van der Waals surface area contributed by atoms with Gasteiger partial charge in [-0.3, -0.25) is 0 Å². The monoisotopic (exact) mass is 283 g/mol. The van der Waals surface area contributed by atoms with Crippen LogP contribution >= 0.6 is 11.8 Å². The molecule has 0 amide bonds. The van der Waals surface area contributed by atoms with Crippen LogP contribution in [0.2, 0.25) is 0 Å². The fourth-order valence-corrected chi connectivity index (χ4v) is 2.17. The van der Waals surface area contributed by atoms with E-state index < -0.39 is 5.97 Å². The minimum atomic E-state index is -1.01. The number of anilines is 2. The molecule has 0 saturated heterocycles. The number of thioether (sulfide) groups is 1. The van der Waals surface area contributed by atoms with Gasteiger partial charge in [-0.25, -0.2) is 9.78 Å². The first-order chi connectivity index (χ1) is 9.15. The SMILES string of the molecule is CSCCCCCCNc1ncc(C(=O)O)cc1N. The van der Waals surface area contributed by atoms with Crippen LogP contribution < -0.4 is 11.1 Å². The lowest BCUT2D eigenvalue weighted by atomic mass is 10.2. The predicted molar refractivity (Wildman–Crippen MR) is 80.9 cm³/mol. The molecule has 1 rings (SSSR count). The molecule has 6 heteroatoms. The van der Waals surface area contributed by atoms with Gasteiger partial charge < -0.3 is 16.2 Å². The Labute approximate surface area is 118 Å². The number of pyridine rings is 1. The third kappa shape index (κ3) is 5.83. The zero-order chi connectivity index (χ0) is 14.1. The van der Waals surface area contributed by atoms with Gasteiger partial charge in [-0.15, -0.1) is 0 Å². The van der Waals surface area contributed by atoms with Gasteiger partial charge in [0.15, 0.2) is 0 Å². The molecule has 0 atom stereocenters. The van der Waals surface area contributed by atoms with E-state index in [1.807, 2.05) is 11.8 Å². The molecule has 0 aliphatic carbocycles. The maximum Gasteiger partial charge on any atom is 0.337 e. The van der Waals surface area contributed by atoms with Gasteiger partial charge in [-0.05, 0) is 30.9 Å². The lowest BCUT2D eigenvalue weighted by Gasteiger charge is -2.08. The van der Waals surface area contributed by atoms with Crippen molar-refractivity contribution in [2.24, 2.45) is 0 Å². The zero-order valence-electron chi connectivity index (χ0n) is 11.2. The van der Waals surface area contributed by atoms with Crippen LogP contribution in [0, 0.1) is 0 Å². The van der Waals surface area contributed by atoms with Gasteiger partial charge in [-0.2, -0.15) is 11.8 Å². The fraction of sp³-hybridized carbons (Fsp3) is 0.538. The Morgan fingerprint density at radius 1 is 1.42 bits per heavy atom. The molecule has 0 aliphatic rings. The Hall–Kier alpha value is -1.43. The highest BCUT2D eigenvalue weighted by Gasteiger charge is 2.06. The average molecular weight is 283 g/mol. The molecule has 19 heavy (non-hydrogen) atoms. The number of carboxylic acids is 1. The second-order valence-corrected chi connectivity index (χ2v) is 5.29. The highest BCUT2D eigenvalue weighted by Crippen LogP contribution is 2.16. The average Bonchev–Trinajstić information content (AvgIpc) is 2.39. The van der Waals surface area contributed by atoms with Gasteiger partial charge in [0.25, 0.3) is 0 Å². The van der Waals surface area contributed by atoms with Crippen molar-refractivity contribution in [1.82, 2.24) is 4.98 Å². The molecule has 1 heterocycles. The van der Waals surface area contributed by atoms with Crippen molar-refractivity contribution in [3.63, 3.8) is 0 Å². The topological polar surface area (TPSA) is 88.2 Å². The molecule has 5 nitrogen and oxygen atoms in total. The van der Waals surface area contributed by atoms with Crippen LogP contribution in [0.25, 0.3) is 0 Å². The minimum absolute atomic E-state index is 0.111. The molecule has 0 saturated carbocycles. The molecule has 0 unspecified atom stereocenters. The normalized spacial score (nSPS) is 10.4. The van der Waals surface area contributed by atoms with E-state index in [0.717, 1.165) is 13.0 Å². The summed E-state index contributed by atoms with van der Waals surface area (Å²) in [5, 5.41) is 11.9. The number of nitrogens with zero attached hydrogens (tertiary/aromatic N) is 1. The van der Waals surface area contributed by atoms with Gasteiger partial charge >= 0.3 is 5.97 Å². The number of carbonyl (C=O) groups is 1. The number of hydrogen-bond acceptors (Lipinski definition) is 5. The van der Waals surface area contributed by atoms with E-state index in [9.17, 15) is 4.79 Å². The number of unbranched alkanes of at least 4 members (excludes halogenated alkanes) is 3. The second-order valence-electron chi connectivity index (χ2n) is 4.30. The smallest absolute Gasteiger partial charge is 0.337 e. The van der Waals surface area contributed by atoms with Crippen molar-refractivity contribution in [2.75, 3.05) is 29.6 Å². The van der Waals surface area contributed by atoms with Gasteiger partial charge in [0, 0.05) is 12.7 Å². The zero-order valence-corrected chi connectivity index (χ0v) is 12.0. The molecule has 106 valence electrons. The standard InChI is InChI=1S/C13H21N3O2S/c1-19-7-5-3-2-4-6-15-12-11(14)8-10(9-16-12)13(17)18/h8-9H,2-7,14H2,1H3,(H,15,16)(H,17,18). The number of nitrogen functional groups attached to an aromatic ring is 1. The minimum Gasteiger partial charge on any atom is -0.478 e. The lowest BCUT2D eigenvalue weighted by Crippen LogP contribution is -2.08. The molecule has 0 radical (unpaired) electrons. The van der Waals surface area contributed by atoms with Crippen LogP contribution in [-0.4, -0.2) is 34.6 Å². The van der Waals surface area contributed by atoms with Crippen LogP contribution in [0.1, 0.15) is 36.0 Å². The first-order valence-corrected chi connectivity index (χ1v) is 7.76. The maximum atomic E-state index is 10.7. The predicted octanol–water partition coefficient (Wildman–Crippen LogP) is 2.70. The largest absolute Gasteiger partial charge is 0.478 e. The molecule has 0 aromatic carbocycles. The maximum absolute atomic E-state index is 10.7. The van der Waals surface area contributed by atoms with Crippen molar-refractivity contribution in [3.05, 3.63) is 17.8 Å². The van der Waals surface area contributed by atoms with Crippen molar-refractivity contribution in [3.8, 4) is 0 Å². The summed E-state index contributed by atoms with van der Waals surface area (Å²) in [6, 6.07) is 1.43. The highest BCUT2D eigenvalue weighted by atomic mass is 32.2. The Bertz CT molecular complexity index is 413. The van der Waals surface area contributed by atoms with Crippen LogP contribution in [0.4, 0.5) is 11.5 Å². The Balaban J connectivity index is 2.28. The summed E-state index contributed by atoms with van der Waals surface area (Å²) >= 11 is 1.88. The van der Waals surface area contributed by atoms with Crippen molar-refractivity contribution in [1.29, 1.82) is 0 Å². The first kappa shape index (κ1) is 15.6. The van der Waals surface area contributed by atoms with Crippen LogP contribution in [-0.2, 0) is 0 Å². The third-order valence-electron chi connectivity index (χ3n) is 2.73. The van der Waals surface area contributed by atoms with E-state index >= 15 is 0 Å². The fourth-order valence-electron chi connectivity index (χ4n) is 1.68. The number of carboxylic acid groups (broad SMARTS) is 1. The summed E-state index contributed by atoms with van der Waals surface area (Å²) < 4.78 is 0. The van der Waals surface area contributed by atoms with Gasteiger partial charge in [0.05, 0.1) is 11.3 Å². The lowest BCUT2D eigenvalue weighted by molar-refractivity contribution is 0.0696. The summed E-state index contributed by atoms with van der Waals surface area (Å²) in [4.78, 5) is 14.8. The van der Waals surface area contributed by atoms with Crippen molar-refractivity contribution >= 4 is 29.2 Å². The Morgan fingerprint density at radius 3 is 2.79 bits per heavy atom. The molecular formula is C13H21N3O2S. The summed E-state index contributed by atoms with van der Waals surface area (Å²) in [5.74, 6) is 0.770. The molecule has 0 bridgehead atoms. The third-order valence-corrected chi connectivity index (χ3v) is 3.43. The molecule has 0 aliphatic heterocycles. The molecule has 1 aromatic rings. The Kier molecular flexibility index (Phi) is 7.10. The second kappa shape index (κ2) is 8.63. The Morgan fingerprint density at radius 2 is 2.16 bits per heavy atom. The molecule has 0 spiro atoms. The number of nitrogens with one attached hydrogen (secondary N) is 1. The van der Waals surface area contributed by atoms with E-state index in [2.05, 4.69) is 16.6 Å². The van der Waals surface area contributed by atoms with E-state index in [1.165, 1.54) is 37.3 Å². The quantitative estimate of drug-likeness (QED) is 0.604. The first-order valence-electron chi connectivity index (χ1n) is 6.36. The number of hydrogen-bond donors (Lipinski definition) is 3. The van der Waals surface area contributed by atoms with E-state index in [1.54, 1.807) is 0 Å². The van der Waals surface area contributed by atoms with Gasteiger partial charge in [0.2, 0.25) is 0 Å².